The second kappa shape index (κ2) is 10.8. The molecule has 0 amide bonds. The standard InChI is InChI=1S/C18H33NO12/c1-7(2)3-8(16(26)27)19-6-18(28)15(25)14(10(5-21)31-18)30-17-13(24)12(23)11(22)9(4-20)29-17/h7-15,17,19-25,28H,3-6H2,1-2H3,(H,26,27)/t8-,9+,10+,11-,12-,13+,14+,15-,17-,18+/m0/s1. The fraction of sp³-hybridized carbons (Fsp3) is 0.944. The molecule has 13 nitrogen and oxygen atoms in total. The largest absolute Gasteiger partial charge is 0.480 e. The number of aliphatic hydroxyl groups excluding tert-OH is 6. The fourth-order valence-corrected chi connectivity index (χ4v) is 3.66. The number of hydrogen-bond donors (Lipinski definition) is 9. The lowest BCUT2D eigenvalue weighted by Gasteiger charge is -2.41. The molecule has 0 aromatic carbocycles. The smallest absolute Gasteiger partial charge is 0.320 e. The van der Waals surface area contributed by atoms with Crippen molar-refractivity contribution in [2.24, 2.45) is 5.92 Å². The average molecular weight is 455 g/mol. The van der Waals surface area contributed by atoms with Gasteiger partial charge in [0.25, 0.3) is 0 Å². The van der Waals surface area contributed by atoms with E-state index in [1.54, 1.807) is 0 Å². The topological polar surface area (TPSA) is 219 Å². The number of nitrogens with one attached hydrogen (secondary N) is 1. The van der Waals surface area contributed by atoms with Crippen molar-refractivity contribution in [3.63, 3.8) is 0 Å². The molecular formula is C18H33NO12. The van der Waals surface area contributed by atoms with Crippen molar-refractivity contribution < 1.29 is 59.9 Å². The lowest BCUT2D eigenvalue weighted by Crippen LogP contribution is -2.61. The normalized spacial score (nSPS) is 42.1. The molecule has 2 aliphatic rings. The van der Waals surface area contributed by atoms with Crippen LogP contribution in [-0.2, 0) is 19.0 Å². The Bertz CT molecular complexity index is 592. The van der Waals surface area contributed by atoms with Crippen LogP contribution >= 0.6 is 0 Å². The molecule has 0 radical (unpaired) electrons. The predicted octanol–water partition coefficient (Wildman–Crippen LogP) is -4.30. The van der Waals surface area contributed by atoms with Crippen LogP contribution in [0.15, 0.2) is 0 Å². The summed E-state index contributed by atoms with van der Waals surface area (Å²) in [5.74, 6) is -3.46. The van der Waals surface area contributed by atoms with Gasteiger partial charge < -0.3 is 55.1 Å². The first-order valence-corrected chi connectivity index (χ1v) is 10.1. The zero-order chi connectivity index (χ0) is 23.5. The third-order valence-corrected chi connectivity index (χ3v) is 5.42. The molecular weight excluding hydrogens is 422 g/mol. The lowest BCUT2D eigenvalue weighted by molar-refractivity contribution is -0.318. The molecule has 2 fully saturated rings. The number of aliphatic carboxylic acids is 1. The Morgan fingerprint density at radius 1 is 1.06 bits per heavy atom. The number of rotatable bonds is 10. The van der Waals surface area contributed by atoms with E-state index in [0.29, 0.717) is 0 Å². The highest BCUT2D eigenvalue weighted by Crippen LogP contribution is 2.34. The first-order chi connectivity index (χ1) is 14.4. The van der Waals surface area contributed by atoms with Gasteiger partial charge >= 0.3 is 5.97 Å². The van der Waals surface area contributed by atoms with Crippen LogP contribution in [0.1, 0.15) is 20.3 Å². The van der Waals surface area contributed by atoms with Gasteiger partial charge in [0.05, 0.1) is 19.8 Å². The van der Waals surface area contributed by atoms with Gasteiger partial charge in [0.15, 0.2) is 6.29 Å². The Hall–Kier alpha value is -0.970. The predicted molar refractivity (Wildman–Crippen MR) is 100 cm³/mol. The monoisotopic (exact) mass is 455 g/mol. The van der Waals surface area contributed by atoms with Crippen molar-refractivity contribution in [1.82, 2.24) is 5.32 Å². The van der Waals surface area contributed by atoms with E-state index in [1.807, 2.05) is 13.8 Å². The zero-order valence-corrected chi connectivity index (χ0v) is 17.3. The van der Waals surface area contributed by atoms with E-state index >= 15 is 0 Å². The minimum atomic E-state index is -2.34. The van der Waals surface area contributed by atoms with Gasteiger partial charge in [0, 0.05) is 0 Å². The van der Waals surface area contributed by atoms with E-state index in [-0.39, 0.29) is 12.3 Å². The van der Waals surface area contributed by atoms with E-state index in [2.05, 4.69) is 5.32 Å². The van der Waals surface area contributed by atoms with Gasteiger partial charge in [0.2, 0.25) is 5.79 Å². The highest BCUT2D eigenvalue weighted by atomic mass is 16.7. The van der Waals surface area contributed by atoms with Crippen LogP contribution < -0.4 is 5.32 Å². The van der Waals surface area contributed by atoms with E-state index < -0.39 is 86.6 Å². The Balaban J connectivity index is 2.10. The summed E-state index contributed by atoms with van der Waals surface area (Å²) in [5, 5.41) is 81.9. The van der Waals surface area contributed by atoms with Gasteiger partial charge in [-0.1, -0.05) is 13.8 Å². The molecule has 2 aliphatic heterocycles. The first-order valence-electron chi connectivity index (χ1n) is 10.1. The summed E-state index contributed by atoms with van der Waals surface area (Å²) in [6, 6.07) is -1.03. The third-order valence-electron chi connectivity index (χ3n) is 5.42. The average Bonchev–Trinajstić information content (AvgIpc) is 2.95. The van der Waals surface area contributed by atoms with Crippen LogP contribution in [0, 0.1) is 5.92 Å². The molecule has 0 bridgehead atoms. The fourth-order valence-electron chi connectivity index (χ4n) is 3.66. The van der Waals surface area contributed by atoms with Crippen LogP contribution in [0.5, 0.6) is 0 Å². The molecule has 0 aromatic heterocycles. The molecule has 9 N–H and O–H groups in total. The second-order valence-corrected chi connectivity index (χ2v) is 8.33. The van der Waals surface area contributed by atoms with Crippen LogP contribution in [0.3, 0.4) is 0 Å². The molecule has 182 valence electrons. The highest BCUT2D eigenvalue weighted by molar-refractivity contribution is 5.73. The molecule has 0 aliphatic carbocycles. The van der Waals surface area contributed by atoms with E-state index in [1.165, 1.54) is 0 Å². The number of hydrogen-bond acceptors (Lipinski definition) is 12. The second-order valence-electron chi connectivity index (χ2n) is 8.33. The van der Waals surface area contributed by atoms with Gasteiger partial charge in [-0.05, 0) is 12.3 Å². The van der Waals surface area contributed by atoms with Crippen molar-refractivity contribution >= 4 is 5.97 Å². The summed E-state index contributed by atoms with van der Waals surface area (Å²) in [7, 11) is 0. The highest BCUT2D eigenvalue weighted by Gasteiger charge is 2.56. The Morgan fingerprint density at radius 3 is 2.19 bits per heavy atom. The van der Waals surface area contributed by atoms with E-state index in [4.69, 9.17) is 14.2 Å². The minimum absolute atomic E-state index is 0.0325. The zero-order valence-electron chi connectivity index (χ0n) is 17.3. The van der Waals surface area contributed by atoms with Crippen molar-refractivity contribution in [1.29, 1.82) is 0 Å². The number of carboxylic acid groups (broad SMARTS) is 1. The Labute approximate surface area is 178 Å². The number of carboxylic acids is 1. The summed E-state index contributed by atoms with van der Waals surface area (Å²) in [4.78, 5) is 11.4. The molecule has 0 saturated carbocycles. The number of carbonyl (C=O) groups is 1. The molecule has 0 unspecified atom stereocenters. The maximum absolute atomic E-state index is 11.4. The first kappa shape index (κ1) is 26.3. The lowest BCUT2D eigenvalue weighted by atomic mass is 9.98. The third kappa shape index (κ3) is 5.89. The molecule has 0 aromatic rings. The summed E-state index contributed by atoms with van der Waals surface area (Å²) in [6.07, 6.45) is -12.3. The van der Waals surface area contributed by atoms with Crippen molar-refractivity contribution in [2.75, 3.05) is 19.8 Å². The van der Waals surface area contributed by atoms with Gasteiger partial charge in [-0.15, -0.1) is 0 Å². The minimum Gasteiger partial charge on any atom is -0.480 e. The number of aliphatic hydroxyl groups is 7. The van der Waals surface area contributed by atoms with E-state index in [9.17, 15) is 45.6 Å². The van der Waals surface area contributed by atoms with E-state index in [0.717, 1.165) is 0 Å². The molecule has 2 rings (SSSR count). The van der Waals surface area contributed by atoms with Crippen molar-refractivity contribution in [3.8, 4) is 0 Å². The Kier molecular flexibility index (Phi) is 9.13. The maximum atomic E-state index is 11.4. The van der Waals surface area contributed by atoms with Gasteiger partial charge in [-0.25, -0.2) is 0 Å². The summed E-state index contributed by atoms with van der Waals surface area (Å²) >= 11 is 0. The van der Waals surface area contributed by atoms with Crippen molar-refractivity contribution in [3.05, 3.63) is 0 Å². The molecule has 0 spiro atoms. The number of ether oxygens (including phenoxy) is 3. The molecule has 31 heavy (non-hydrogen) atoms. The van der Waals surface area contributed by atoms with Gasteiger partial charge in [-0.3, -0.25) is 10.1 Å². The molecule has 2 saturated heterocycles. The molecule has 13 heteroatoms. The summed E-state index contributed by atoms with van der Waals surface area (Å²) in [6.45, 7) is 1.72. The molecule has 10 atom stereocenters. The molecule has 2 heterocycles. The van der Waals surface area contributed by atoms with Crippen LogP contribution in [0.2, 0.25) is 0 Å². The quantitative estimate of drug-likeness (QED) is 0.152. The SMILES string of the molecule is CC(C)C[C@H](NC[C@@]1(O)O[C@H](CO)[C@@H](O[C@@H]2O[C@H](CO)[C@H](O)[C@H](O)[C@H]2O)[C@@H]1O)C(=O)O. The van der Waals surface area contributed by atoms with Crippen LogP contribution in [0.4, 0.5) is 0 Å². The summed E-state index contributed by atoms with van der Waals surface area (Å²) in [5.41, 5.74) is 0. The van der Waals surface area contributed by atoms with Crippen molar-refractivity contribution in [2.45, 2.75) is 81.1 Å². The van der Waals surface area contributed by atoms with Crippen LogP contribution in [0.25, 0.3) is 0 Å². The van der Waals surface area contributed by atoms with Gasteiger partial charge in [-0.2, -0.15) is 0 Å². The summed E-state index contributed by atoms with van der Waals surface area (Å²) < 4.78 is 16.0. The Morgan fingerprint density at radius 2 is 1.68 bits per heavy atom. The van der Waals surface area contributed by atoms with Crippen LogP contribution in [-0.4, -0.2) is 127 Å². The van der Waals surface area contributed by atoms with Gasteiger partial charge in [0.1, 0.15) is 48.8 Å². The maximum Gasteiger partial charge on any atom is 0.320 e.